The second-order valence-electron chi connectivity index (χ2n) is 5.73. The third-order valence-electron chi connectivity index (χ3n) is 3.27. The quantitative estimate of drug-likeness (QED) is 0.845. The van der Waals surface area contributed by atoms with Crippen LogP contribution in [0.15, 0.2) is 18.5 Å². The molecule has 0 amide bonds. The van der Waals surface area contributed by atoms with Crippen LogP contribution in [0.25, 0.3) is 0 Å². The van der Waals surface area contributed by atoms with Crippen molar-refractivity contribution < 1.29 is 0 Å². The lowest BCUT2D eigenvalue weighted by molar-refractivity contribution is 0.314. The summed E-state index contributed by atoms with van der Waals surface area (Å²) in [6.45, 7) is 8.23. The maximum atomic E-state index is 4.37. The molecule has 2 rings (SSSR count). The van der Waals surface area contributed by atoms with Gasteiger partial charge in [-0.25, -0.2) is 0 Å². The Balaban J connectivity index is 1.88. The number of hydrogen-bond donors (Lipinski definition) is 1. The van der Waals surface area contributed by atoms with Gasteiger partial charge in [-0.1, -0.05) is 13.3 Å². The first-order valence-corrected chi connectivity index (χ1v) is 7.33. The Morgan fingerprint density at radius 1 is 1.35 bits per heavy atom. The van der Waals surface area contributed by atoms with Crippen LogP contribution in [-0.2, 0) is 19.5 Å². The lowest BCUT2D eigenvalue weighted by Gasteiger charge is -2.14. The summed E-state index contributed by atoms with van der Waals surface area (Å²) in [5, 5.41) is 11.8. The van der Waals surface area contributed by atoms with Crippen molar-refractivity contribution in [2.75, 3.05) is 7.05 Å². The first kappa shape index (κ1) is 14.8. The number of aromatic nitrogens is 4. The highest BCUT2D eigenvalue weighted by atomic mass is 15.3. The molecule has 0 saturated carbocycles. The van der Waals surface area contributed by atoms with Gasteiger partial charge >= 0.3 is 0 Å². The lowest BCUT2D eigenvalue weighted by Crippen LogP contribution is -2.17. The van der Waals surface area contributed by atoms with Gasteiger partial charge in [-0.15, -0.1) is 0 Å². The summed E-state index contributed by atoms with van der Waals surface area (Å²) >= 11 is 0. The van der Waals surface area contributed by atoms with Crippen LogP contribution >= 0.6 is 0 Å². The largest absolute Gasteiger partial charge is 0.296 e. The van der Waals surface area contributed by atoms with Crippen molar-refractivity contribution in [3.05, 3.63) is 35.4 Å². The van der Waals surface area contributed by atoms with Crippen molar-refractivity contribution in [3.63, 3.8) is 0 Å². The zero-order chi connectivity index (χ0) is 14.5. The van der Waals surface area contributed by atoms with Crippen LogP contribution in [-0.4, -0.2) is 31.9 Å². The molecule has 2 aromatic heterocycles. The Bertz CT molecular complexity index is 526. The summed E-state index contributed by atoms with van der Waals surface area (Å²) in [6.07, 6.45) is 6.25. The van der Waals surface area contributed by atoms with Gasteiger partial charge in [0.1, 0.15) is 0 Å². The lowest BCUT2D eigenvalue weighted by atomic mass is 10.2. The van der Waals surface area contributed by atoms with Crippen LogP contribution in [0.2, 0.25) is 0 Å². The second-order valence-corrected chi connectivity index (χ2v) is 5.73. The Kier molecular flexibility index (Phi) is 4.95. The van der Waals surface area contributed by atoms with E-state index in [0.717, 1.165) is 31.6 Å². The molecule has 0 aromatic carbocycles. The number of rotatable bonds is 7. The molecular formula is C15H25N5. The molecule has 0 atom stereocenters. The van der Waals surface area contributed by atoms with E-state index < -0.39 is 0 Å². The summed E-state index contributed by atoms with van der Waals surface area (Å²) in [4.78, 5) is 2.27. The molecule has 20 heavy (non-hydrogen) atoms. The Morgan fingerprint density at radius 3 is 2.80 bits per heavy atom. The SMILES string of the molecule is CCCc1cc(CN(C)Cc2cnn(C(C)C)c2)[nH]n1. The van der Waals surface area contributed by atoms with Gasteiger partial charge in [0.2, 0.25) is 0 Å². The van der Waals surface area contributed by atoms with Crippen molar-refractivity contribution in [1.29, 1.82) is 0 Å². The predicted molar refractivity (Wildman–Crippen MR) is 80.4 cm³/mol. The zero-order valence-corrected chi connectivity index (χ0v) is 12.9. The van der Waals surface area contributed by atoms with E-state index in [-0.39, 0.29) is 0 Å². The van der Waals surface area contributed by atoms with Gasteiger partial charge in [0.15, 0.2) is 0 Å². The normalized spacial score (nSPS) is 11.7. The molecule has 5 nitrogen and oxygen atoms in total. The van der Waals surface area contributed by atoms with Gasteiger partial charge in [-0.3, -0.25) is 14.7 Å². The van der Waals surface area contributed by atoms with Crippen LogP contribution in [0.5, 0.6) is 0 Å². The second kappa shape index (κ2) is 6.70. The molecule has 2 aromatic rings. The zero-order valence-electron chi connectivity index (χ0n) is 12.9. The van der Waals surface area contributed by atoms with Gasteiger partial charge in [0.05, 0.1) is 11.9 Å². The average Bonchev–Trinajstić information content (AvgIpc) is 2.99. The molecule has 0 spiro atoms. The molecular weight excluding hydrogens is 250 g/mol. The minimum absolute atomic E-state index is 0.415. The highest BCUT2D eigenvalue weighted by molar-refractivity contribution is 5.09. The number of H-pyrrole nitrogens is 1. The van der Waals surface area contributed by atoms with Gasteiger partial charge in [-0.2, -0.15) is 10.2 Å². The van der Waals surface area contributed by atoms with Crippen LogP contribution in [0.1, 0.15) is 50.2 Å². The first-order chi connectivity index (χ1) is 9.58. The summed E-state index contributed by atoms with van der Waals surface area (Å²) in [5.74, 6) is 0. The Morgan fingerprint density at radius 2 is 2.15 bits per heavy atom. The molecule has 0 radical (unpaired) electrons. The molecule has 0 fully saturated rings. The van der Waals surface area contributed by atoms with Crippen molar-refractivity contribution in [1.82, 2.24) is 24.9 Å². The third-order valence-corrected chi connectivity index (χ3v) is 3.27. The van der Waals surface area contributed by atoms with E-state index in [4.69, 9.17) is 0 Å². The summed E-state index contributed by atoms with van der Waals surface area (Å²) < 4.78 is 2.00. The van der Waals surface area contributed by atoms with E-state index >= 15 is 0 Å². The van der Waals surface area contributed by atoms with Crippen LogP contribution in [0.4, 0.5) is 0 Å². The number of aromatic amines is 1. The molecule has 0 saturated heterocycles. The van der Waals surface area contributed by atoms with E-state index in [1.165, 1.54) is 11.3 Å². The highest BCUT2D eigenvalue weighted by Gasteiger charge is 2.07. The van der Waals surface area contributed by atoms with E-state index in [9.17, 15) is 0 Å². The third kappa shape index (κ3) is 3.93. The van der Waals surface area contributed by atoms with Crippen LogP contribution < -0.4 is 0 Å². The molecule has 0 aliphatic carbocycles. The van der Waals surface area contributed by atoms with E-state index in [1.54, 1.807) is 0 Å². The van der Waals surface area contributed by atoms with Gasteiger partial charge in [0, 0.05) is 36.6 Å². The standard InChI is InChI=1S/C15H25N5/c1-5-6-14-7-15(18-17-14)11-19(4)9-13-8-16-20(10-13)12(2)3/h7-8,10,12H,5-6,9,11H2,1-4H3,(H,17,18). The number of nitrogens with zero attached hydrogens (tertiary/aromatic N) is 4. The average molecular weight is 275 g/mol. The molecule has 5 heteroatoms. The molecule has 2 heterocycles. The van der Waals surface area contributed by atoms with Gasteiger partial charge in [-0.05, 0) is 33.4 Å². The van der Waals surface area contributed by atoms with Gasteiger partial charge < -0.3 is 0 Å². The van der Waals surface area contributed by atoms with Crippen LogP contribution in [0.3, 0.4) is 0 Å². The first-order valence-electron chi connectivity index (χ1n) is 7.33. The number of aryl methyl sites for hydroxylation is 1. The van der Waals surface area contributed by atoms with Crippen LogP contribution in [0, 0.1) is 0 Å². The van der Waals surface area contributed by atoms with E-state index in [1.807, 2.05) is 10.9 Å². The molecule has 1 N–H and O–H groups in total. The van der Waals surface area contributed by atoms with Crippen molar-refractivity contribution in [2.24, 2.45) is 0 Å². The summed E-state index contributed by atoms with van der Waals surface area (Å²) in [7, 11) is 2.12. The number of hydrogen-bond acceptors (Lipinski definition) is 3. The minimum Gasteiger partial charge on any atom is -0.296 e. The Labute approximate surface area is 121 Å². The minimum atomic E-state index is 0.415. The summed E-state index contributed by atoms with van der Waals surface area (Å²) in [5.41, 5.74) is 3.57. The maximum absolute atomic E-state index is 4.37. The fourth-order valence-corrected chi connectivity index (χ4v) is 2.27. The monoisotopic (exact) mass is 275 g/mol. The van der Waals surface area contributed by atoms with Gasteiger partial charge in [0.25, 0.3) is 0 Å². The molecule has 110 valence electrons. The van der Waals surface area contributed by atoms with Crippen molar-refractivity contribution >= 4 is 0 Å². The highest BCUT2D eigenvalue weighted by Crippen LogP contribution is 2.10. The number of nitrogens with one attached hydrogen (secondary N) is 1. The predicted octanol–water partition coefficient (Wildman–Crippen LogP) is 2.77. The Hall–Kier alpha value is -1.62. The fourth-order valence-electron chi connectivity index (χ4n) is 2.27. The molecule has 0 unspecified atom stereocenters. The smallest absolute Gasteiger partial charge is 0.0625 e. The topological polar surface area (TPSA) is 49.7 Å². The fraction of sp³-hybridized carbons (Fsp3) is 0.600. The van der Waals surface area contributed by atoms with Crippen molar-refractivity contribution in [3.8, 4) is 0 Å². The van der Waals surface area contributed by atoms with E-state index in [0.29, 0.717) is 6.04 Å². The molecule has 0 aliphatic rings. The molecule has 0 aliphatic heterocycles. The molecule has 0 bridgehead atoms. The van der Waals surface area contributed by atoms with Crippen molar-refractivity contribution in [2.45, 2.75) is 52.7 Å². The summed E-state index contributed by atoms with van der Waals surface area (Å²) in [6, 6.07) is 2.58. The maximum Gasteiger partial charge on any atom is 0.0625 e. The van der Waals surface area contributed by atoms with E-state index in [2.05, 4.69) is 60.3 Å².